The van der Waals surface area contributed by atoms with Gasteiger partial charge in [0.1, 0.15) is 0 Å². The maximum Gasteiger partial charge on any atom is 0.337 e. The Morgan fingerprint density at radius 2 is 1.75 bits per heavy atom. The van der Waals surface area contributed by atoms with Crippen molar-refractivity contribution in [1.29, 1.82) is 0 Å². The summed E-state index contributed by atoms with van der Waals surface area (Å²) in [5, 5.41) is 1.04. The number of alkyl halides is 1. The first-order chi connectivity index (χ1) is 9.72. The molecule has 2 rings (SSSR count). The molecule has 0 N–H and O–H groups in total. The lowest BCUT2D eigenvalue weighted by atomic mass is 10.1. The first kappa shape index (κ1) is 15.5. The Hall–Kier alpha value is -0.910. The fraction of sp³-hybridized carbons (Fsp3) is 0.533. The van der Waals surface area contributed by atoms with Crippen LogP contribution in [0.1, 0.15) is 15.9 Å². The van der Waals surface area contributed by atoms with E-state index in [0.29, 0.717) is 5.56 Å². The Balaban J connectivity index is 1.84. The largest absolute Gasteiger partial charge is 0.465 e. The minimum atomic E-state index is -0.278. The highest BCUT2D eigenvalue weighted by molar-refractivity contribution is 9.09. The van der Waals surface area contributed by atoms with E-state index in [-0.39, 0.29) is 5.97 Å². The summed E-state index contributed by atoms with van der Waals surface area (Å²) >= 11 is 3.49. The minimum Gasteiger partial charge on any atom is -0.465 e. The highest BCUT2D eigenvalue weighted by Crippen LogP contribution is 2.11. The van der Waals surface area contributed by atoms with E-state index in [4.69, 9.17) is 4.74 Å². The van der Waals surface area contributed by atoms with E-state index in [9.17, 15) is 4.79 Å². The molecule has 1 aromatic carbocycles. The molecule has 1 saturated heterocycles. The Morgan fingerprint density at radius 3 is 2.30 bits per heavy atom. The second-order valence-electron chi connectivity index (χ2n) is 5.00. The molecule has 0 radical (unpaired) electrons. The van der Waals surface area contributed by atoms with E-state index in [1.165, 1.54) is 12.7 Å². The van der Waals surface area contributed by atoms with E-state index in [0.717, 1.165) is 44.6 Å². The van der Waals surface area contributed by atoms with Gasteiger partial charge in [0, 0.05) is 44.6 Å². The topological polar surface area (TPSA) is 32.8 Å². The molecule has 0 aliphatic carbocycles. The average molecular weight is 341 g/mol. The summed E-state index contributed by atoms with van der Waals surface area (Å²) in [5.74, 6) is -0.278. The number of methoxy groups -OCH3 is 1. The average Bonchev–Trinajstić information content (AvgIpc) is 2.49. The molecule has 0 saturated carbocycles. The molecule has 1 fully saturated rings. The van der Waals surface area contributed by atoms with Crippen molar-refractivity contribution in [2.75, 3.05) is 45.2 Å². The van der Waals surface area contributed by atoms with Crippen molar-refractivity contribution >= 4 is 21.9 Å². The number of carbonyl (C=O) groups is 1. The summed E-state index contributed by atoms with van der Waals surface area (Å²) in [7, 11) is 1.41. The Labute approximate surface area is 128 Å². The van der Waals surface area contributed by atoms with Crippen LogP contribution in [0.3, 0.4) is 0 Å². The molecule has 0 amide bonds. The van der Waals surface area contributed by atoms with E-state index < -0.39 is 0 Å². The molecular formula is C15H21BrN2O2. The predicted molar refractivity (Wildman–Crippen MR) is 83.3 cm³/mol. The monoisotopic (exact) mass is 340 g/mol. The van der Waals surface area contributed by atoms with Gasteiger partial charge >= 0.3 is 5.97 Å². The van der Waals surface area contributed by atoms with Gasteiger partial charge in [-0.05, 0) is 17.7 Å². The van der Waals surface area contributed by atoms with Crippen LogP contribution in [-0.2, 0) is 11.3 Å². The van der Waals surface area contributed by atoms with Crippen LogP contribution in [0.25, 0.3) is 0 Å². The van der Waals surface area contributed by atoms with Crippen molar-refractivity contribution in [3.63, 3.8) is 0 Å². The van der Waals surface area contributed by atoms with E-state index in [1.54, 1.807) is 0 Å². The number of rotatable bonds is 5. The van der Waals surface area contributed by atoms with Gasteiger partial charge in [-0.3, -0.25) is 9.80 Å². The summed E-state index contributed by atoms with van der Waals surface area (Å²) in [5.41, 5.74) is 1.85. The van der Waals surface area contributed by atoms with Gasteiger partial charge in [0.05, 0.1) is 12.7 Å². The van der Waals surface area contributed by atoms with Crippen molar-refractivity contribution in [1.82, 2.24) is 9.80 Å². The van der Waals surface area contributed by atoms with Crippen molar-refractivity contribution in [2.45, 2.75) is 6.54 Å². The normalized spacial score (nSPS) is 17.1. The third kappa shape index (κ3) is 4.30. The number of piperazine rings is 1. The van der Waals surface area contributed by atoms with Crippen molar-refractivity contribution in [3.05, 3.63) is 35.4 Å². The van der Waals surface area contributed by atoms with Crippen LogP contribution in [0.2, 0.25) is 0 Å². The number of ether oxygens (including phenoxy) is 1. The molecule has 110 valence electrons. The number of esters is 1. The first-order valence-corrected chi connectivity index (χ1v) is 8.03. The smallest absolute Gasteiger partial charge is 0.337 e. The zero-order chi connectivity index (χ0) is 14.4. The molecule has 0 spiro atoms. The first-order valence-electron chi connectivity index (χ1n) is 6.91. The van der Waals surface area contributed by atoms with Gasteiger partial charge in [-0.1, -0.05) is 28.1 Å². The minimum absolute atomic E-state index is 0.278. The molecule has 5 heteroatoms. The molecule has 0 atom stereocenters. The molecule has 4 nitrogen and oxygen atoms in total. The Kier molecular flexibility index (Phi) is 6.01. The molecule has 0 aromatic heterocycles. The number of benzene rings is 1. The predicted octanol–water partition coefficient (Wildman–Crippen LogP) is 1.99. The van der Waals surface area contributed by atoms with E-state index >= 15 is 0 Å². The van der Waals surface area contributed by atoms with Crippen LogP contribution >= 0.6 is 15.9 Å². The summed E-state index contributed by atoms with van der Waals surface area (Å²) in [4.78, 5) is 16.3. The van der Waals surface area contributed by atoms with Gasteiger partial charge in [-0.15, -0.1) is 0 Å². The van der Waals surface area contributed by atoms with Gasteiger partial charge in [-0.2, -0.15) is 0 Å². The molecular weight excluding hydrogens is 320 g/mol. The van der Waals surface area contributed by atoms with Crippen LogP contribution in [0.5, 0.6) is 0 Å². The Bertz CT molecular complexity index is 428. The maximum absolute atomic E-state index is 11.4. The van der Waals surface area contributed by atoms with Gasteiger partial charge in [0.25, 0.3) is 0 Å². The summed E-state index contributed by atoms with van der Waals surface area (Å²) in [6, 6.07) is 7.69. The summed E-state index contributed by atoms with van der Waals surface area (Å²) < 4.78 is 4.70. The second-order valence-corrected chi connectivity index (χ2v) is 5.79. The molecule has 0 bridgehead atoms. The van der Waals surface area contributed by atoms with Gasteiger partial charge < -0.3 is 4.74 Å². The van der Waals surface area contributed by atoms with E-state index in [2.05, 4.69) is 25.7 Å². The summed E-state index contributed by atoms with van der Waals surface area (Å²) in [6.07, 6.45) is 0. The SMILES string of the molecule is COC(=O)c1ccc(CN2CCN(CCBr)CC2)cc1. The van der Waals surface area contributed by atoms with Crippen LogP contribution in [-0.4, -0.2) is 60.9 Å². The Morgan fingerprint density at radius 1 is 1.15 bits per heavy atom. The molecule has 1 aromatic rings. The number of carbonyl (C=O) groups excluding carboxylic acids is 1. The number of hydrogen-bond acceptors (Lipinski definition) is 4. The maximum atomic E-state index is 11.4. The third-order valence-corrected chi connectivity index (χ3v) is 4.00. The lowest BCUT2D eigenvalue weighted by molar-refractivity contribution is 0.0600. The summed E-state index contributed by atoms with van der Waals surface area (Å²) in [6.45, 7) is 6.54. The molecule has 1 heterocycles. The van der Waals surface area contributed by atoms with Crippen molar-refractivity contribution in [2.24, 2.45) is 0 Å². The quantitative estimate of drug-likeness (QED) is 0.606. The lowest BCUT2D eigenvalue weighted by Gasteiger charge is -2.34. The number of hydrogen-bond donors (Lipinski definition) is 0. The number of halogens is 1. The molecule has 20 heavy (non-hydrogen) atoms. The zero-order valence-electron chi connectivity index (χ0n) is 11.8. The lowest BCUT2D eigenvalue weighted by Crippen LogP contribution is -2.46. The van der Waals surface area contributed by atoms with Crippen LogP contribution < -0.4 is 0 Å². The highest BCUT2D eigenvalue weighted by Gasteiger charge is 2.16. The van der Waals surface area contributed by atoms with Crippen LogP contribution in [0.15, 0.2) is 24.3 Å². The third-order valence-electron chi connectivity index (χ3n) is 3.65. The fourth-order valence-corrected chi connectivity index (χ4v) is 2.91. The zero-order valence-corrected chi connectivity index (χ0v) is 13.4. The fourth-order valence-electron chi connectivity index (χ4n) is 2.41. The van der Waals surface area contributed by atoms with Gasteiger partial charge in [0.15, 0.2) is 0 Å². The van der Waals surface area contributed by atoms with Crippen LogP contribution in [0, 0.1) is 0 Å². The van der Waals surface area contributed by atoms with Gasteiger partial charge in [-0.25, -0.2) is 4.79 Å². The highest BCUT2D eigenvalue weighted by atomic mass is 79.9. The standard InChI is InChI=1S/C15H21BrN2O2/c1-20-15(19)14-4-2-13(3-5-14)12-18-10-8-17(7-6-16)9-11-18/h2-5H,6-12H2,1H3. The van der Waals surface area contributed by atoms with E-state index in [1.807, 2.05) is 24.3 Å². The molecule has 0 unspecified atom stereocenters. The van der Waals surface area contributed by atoms with Gasteiger partial charge in [0.2, 0.25) is 0 Å². The van der Waals surface area contributed by atoms with Crippen molar-refractivity contribution < 1.29 is 9.53 Å². The van der Waals surface area contributed by atoms with Crippen molar-refractivity contribution in [3.8, 4) is 0 Å². The molecule has 1 aliphatic rings. The number of nitrogens with zero attached hydrogens (tertiary/aromatic N) is 2. The molecule has 1 aliphatic heterocycles. The second kappa shape index (κ2) is 7.76. The van der Waals surface area contributed by atoms with Crippen LogP contribution in [0.4, 0.5) is 0 Å².